The molecule has 1 aliphatic carbocycles. The monoisotopic (exact) mass is 374 g/mol. The molecule has 1 saturated heterocycles. The molecule has 1 aliphatic heterocycles. The molecule has 0 radical (unpaired) electrons. The van der Waals surface area contributed by atoms with Crippen LogP contribution in [-0.2, 0) is 4.79 Å². The van der Waals surface area contributed by atoms with Crippen molar-refractivity contribution >= 4 is 28.8 Å². The molecule has 25 heavy (non-hydrogen) atoms. The summed E-state index contributed by atoms with van der Waals surface area (Å²) in [7, 11) is 0. The number of nitrogens with zero attached hydrogens (tertiary/aromatic N) is 1. The van der Waals surface area contributed by atoms with E-state index in [1.807, 2.05) is 24.3 Å². The highest BCUT2D eigenvalue weighted by Gasteiger charge is 2.44. The molecule has 132 valence electrons. The fourth-order valence-electron chi connectivity index (χ4n) is 3.88. The molecule has 3 atom stereocenters. The minimum absolute atomic E-state index is 0.0717. The highest BCUT2D eigenvalue weighted by molar-refractivity contribution is 7.10. The van der Waals surface area contributed by atoms with Crippen LogP contribution in [0.1, 0.15) is 41.7 Å². The Kier molecular flexibility index (Phi) is 5.11. The first-order valence-electron chi connectivity index (χ1n) is 9.03. The van der Waals surface area contributed by atoms with E-state index in [0.717, 1.165) is 30.1 Å². The normalized spacial score (nSPS) is 24.2. The average molecular weight is 375 g/mol. The largest absolute Gasteiger partial charge is 0.354 e. The Morgan fingerprint density at radius 3 is 2.76 bits per heavy atom. The summed E-state index contributed by atoms with van der Waals surface area (Å²) >= 11 is 8.06. The number of hydrogen-bond acceptors (Lipinski definition) is 3. The van der Waals surface area contributed by atoms with Gasteiger partial charge in [-0.2, -0.15) is 0 Å². The maximum atomic E-state index is 12.6. The summed E-state index contributed by atoms with van der Waals surface area (Å²) in [5.74, 6) is 0.522. The van der Waals surface area contributed by atoms with E-state index in [-0.39, 0.29) is 17.7 Å². The van der Waals surface area contributed by atoms with Gasteiger partial charge in [0, 0.05) is 22.4 Å². The van der Waals surface area contributed by atoms with Crippen molar-refractivity contribution in [3.05, 3.63) is 57.2 Å². The van der Waals surface area contributed by atoms with Crippen molar-refractivity contribution in [3.63, 3.8) is 0 Å². The number of rotatable bonds is 6. The highest BCUT2D eigenvalue weighted by atomic mass is 35.5. The summed E-state index contributed by atoms with van der Waals surface area (Å²) in [4.78, 5) is 16.5. The number of carbonyl (C=O) groups excluding carboxylic acids is 1. The molecule has 4 rings (SSSR count). The molecule has 0 spiro atoms. The van der Waals surface area contributed by atoms with Crippen LogP contribution in [0.3, 0.4) is 0 Å². The molecule has 1 N–H and O–H groups in total. The van der Waals surface area contributed by atoms with E-state index in [1.165, 1.54) is 17.7 Å². The fourth-order valence-corrected chi connectivity index (χ4v) is 5.01. The molecule has 2 aromatic rings. The Labute approximate surface area is 158 Å². The smallest absolute Gasteiger partial charge is 0.223 e. The van der Waals surface area contributed by atoms with Crippen LogP contribution >= 0.6 is 22.9 Å². The first-order valence-corrected chi connectivity index (χ1v) is 10.3. The van der Waals surface area contributed by atoms with Gasteiger partial charge in [-0.3, -0.25) is 9.69 Å². The van der Waals surface area contributed by atoms with E-state index in [2.05, 4.69) is 27.7 Å². The van der Waals surface area contributed by atoms with Crippen LogP contribution in [0.15, 0.2) is 41.8 Å². The predicted octanol–water partition coefficient (Wildman–Crippen LogP) is 4.46. The van der Waals surface area contributed by atoms with Gasteiger partial charge in [0.2, 0.25) is 5.91 Å². The number of nitrogens with one attached hydrogen (secondary N) is 1. The van der Waals surface area contributed by atoms with Crippen molar-refractivity contribution in [2.24, 2.45) is 5.92 Å². The zero-order valence-corrected chi connectivity index (χ0v) is 15.7. The van der Waals surface area contributed by atoms with Gasteiger partial charge in [-0.1, -0.05) is 35.9 Å². The number of amides is 1. The van der Waals surface area contributed by atoms with Gasteiger partial charge in [-0.15, -0.1) is 11.3 Å². The van der Waals surface area contributed by atoms with Crippen LogP contribution in [-0.4, -0.2) is 30.4 Å². The number of carbonyl (C=O) groups is 1. The molecule has 1 aromatic carbocycles. The second kappa shape index (κ2) is 7.48. The first kappa shape index (κ1) is 17.1. The van der Waals surface area contributed by atoms with Crippen LogP contribution in [0.4, 0.5) is 0 Å². The quantitative estimate of drug-likeness (QED) is 0.809. The predicted molar refractivity (Wildman–Crippen MR) is 103 cm³/mol. The highest BCUT2D eigenvalue weighted by Crippen LogP contribution is 2.49. The topological polar surface area (TPSA) is 32.3 Å². The van der Waals surface area contributed by atoms with Crippen molar-refractivity contribution in [3.8, 4) is 0 Å². The van der Waals surface area contributed by atoms with Gasteiger partial charge in [0.1, 0.15) is 0 Å². The Bertz CT molecular complexity index is 727. The van der Waals surface area contributed by atoms with Crippen molar-refractivity contribution in [1.29, 1.82) is 0 Å². The fraction of sp³-hybridized carbons (Fsp3) is 0.450. The summed E-state index contributed by atoms with van der Waals surface area (Å²) in [6.07, 6.45) is 3.42. The van der Waals surface area contributed by atoms with Crippen molar-refractivity contribution in [2.45, 2.75) is 31.2 Å². The van der Waals surface area contributed by atoms with Crippen LogP contribution in [0.25, 0.3) is 0 Å². The second-order valence-electron chi connectivity index (χ2n) is 6.99. The van der Waals surface area contributed by atoms with Crippen molar-refractivity contribution in [2.75, 3.05) is 19.6 Å². The van der Waals surface area contributed by atoms with E-state index >= 15 is 0 Å². The molecular formula is C20H23ClN2OS. The zero-order chi connectivity index (χ0) is 17.2. The standard InChI is InChI=1S/C20H23ClN2OS/c21-17-7-2-1-6-14(17)15-12-16(15)20(24)22-13-18(19-8-5-11-25-19)23-9-3-4-10-23/h1-2,5-8,11,15-16,18H,3-4,9-10,12-13H2,(H,22,24). The van der Waals surface area contributed by atoms with Gasteiger partial charge >= 0.3 is 0 Å². The van der Waals surface area contributed by atoms with Gasteiger partial charge in [0.25, 0.3) is 0 Å². The maximum Gasteiger partial charge on any atom is 0.223 e. The lowest BCUT2D eigenvalue weighted by atomic mass is 10.1. The van der Waals surface area contributed by atoms with E-state index in [4.69, 9.17) is 11.6 Å². The minimum atomic E-state index is 0.0717. The van der Waals surface area contributed by atoms with Crippen molar-refractivity contribution < 1.29 is 4.79 Å². The van der Waals surface area contributed by atoms with Gasteiger partial charge in [-0.05, 0) is 61.3 Å². The Hall–Kier alpha value is -1.36. The van der Waals surface area contributed by atoms with E-state index in [0.29, 0.717) is 12.6 Å². The maximum absolute atomic E-state index is 12.6. The Balaban J connectivity index is 1.37. The van der Waals surface area contributed by atoms with Crippen molar-refractivity contribution in [1.82, 2.24) is 10.2 Å². The van der Waals surface area contributed by atoms with Gasteiger partial charge < -0.3 is 5.32 Å². The summed E-state index contributed by atoms with van der Waals surface area (Å²) in [6, 6.07) is 12.5. The van der Waals surface area contributed by atoms with E-state index < -0.39 is 0 Å². The molecule has 3 unspecified atom stereocenters. The lowest BCUT2D eigenvalue weighted by molar-refractivity contribution is -0.122. The van der Waals surface area contributed by atoms with E-state index in [9.17, 15) is 4.79 Å². The lowest BCUT2D eigenvalue weighted by Gasteiger charge is -2.27. The van der Waals surface area contributed by atoms with Gasteiger partial charge in [0.05, 0.1) is 6.04 Å². The third-order valence-electron chi connectivity index (χ3n) is 5.35. The molecule has 2 fully saturated rings. The van der Waals surface area contributed by atoms with Crippen LogP contribution in [0.2, 0.25) is 5.02 Å². The molecule has 1 amide bonds. The average Bonchev–Trinajstić information content (AvgIpc) is 3.03. The van der Waals surface area contributed by atoms with E-state index in [1.54, 1.807) is 11.3 Å². The molecule has 1 aromatic heterocycles. The molecule has 5 heteroatoms. The summed E-state index contributed by atoms with van der Waals surface area (Å²) < 4.78 is 0. The third-order valence-corrected chi connectivity index (χ3v) is 6.67. The second-order valence-corrected chi connectivity index (χ2v) is 8.38. The number of halogens is 1. The molecule has 2 aliphatic rings. The summed E-state index contributed by atoms with van der Waals surface area (Å²) in [6.45, 7) is 2.96. The zero-order valence-electron chi connectivity index (χ0n) is 14.2. The summed E-state index contributed by atoms with van der Waals surface area (Å²) in [5, 5.41) is 6.11. The number of benzene rings is 1. The van der Waals surface area contributed by atoms with Crippen LogP contribution in [0, 0.1) is 5.92 Å². The molecular weight excluding hydrogens is 352 g/mol. The molecule has 0 bridgehead atoms. The number of hydrogen-bond donors (Lipinski definition) is 1. The molecule has 3 nitrogen and oxygen atoms in total. The summed E-state index contributed by atoms with van der Waals surface area (Å²) in [5.41, 5.74) is 1.11. The Morgan fingerprint density at radius 1 is 1.24 bits per heavy atom. The minimum Gasteiger partial charge on any atom is -0.354 e. The molecule has 1 saturated carbocycles. The number of thiophene rings is 1. The first-order chi connectivity index (χ1) is 12.2. The number of likely N-dealkylation sites (tertiary alicyclic amines) is 1. The van der Waals surface area contributed by atoms with Gasteiger partial charge in [-0.25, -0.2) is 0 Å². The van der Waals surface area contributed by atoms with Gasteiger partial charge in [0.15, 0.2) is 0 Å². The van der Waals surface area contributed by atoms with Crippen LogP contribution < -0.4 is 5.32 Å². The Morgan fingerprint density at radius 2 is 2.04 bits per heavy atom. The van der Waals surface area contributed by atoms with Crippen LogP contribution in [0.5, 0.6) is 0 Å². The third kappa shape index (κ3) is 3.76. The SMILES string of the molecule is O=C(NCC(c1cccs1)N1CCCC1)C1CC1c1ccccc1Cl. The molecule has 2 heterocycles. The lowest BCUT2D eigenvalue weighted by Crippen LogP contribution is -2.37.